The summed E-state index contributed by atoms with van der Waals surface area (Å²) in [6.07, 6.45) is 0.955. The number of carbonyl (C=O) groups is 3. The first-order valence-electron chi connectivity index (χ1n) is 10.4. The molecule has 186 valence electrons. The van der Waals surface area contributed by atoms with Gasteiger partial charge in [0, 0.05) is 29.3 Å². The number of fused-ring (bicyclic) bond motifs is 1. The van der Waals surface area contributed by atoms with Gasteiger partial charge in [-0.2, -0.15) is 4.98 Å². The van der Waals surface area contributed by atoms with Gasteiger partial charge in [-0.25, -0.2) is 14.8 Å². The van der Waals surface area contributed by atoms with Crippen LogP contribution in [0.4, 0.5) is 11.6 Å². The lowest BCUT2D eigenvalue weighted by Crippen LogP contribution is -2.44. The van der Waals surface area contributed by atoms with Gasteiger partial charge in [0.2, 0.25) is 11.9 Å². The third-order valence-corrected chi connectivity index (χ3v) is 4.70. The zero-order chi connectivity index (χ0) is 26.1. The summed E-state index contributed by atoms with van der Waals surface area (Å²) in [5.41, 5.74) is 14.6. The Bertz CT molecular complexity index is 1380. The predicted molar refractivity (Wildman–Crippen MR) is 127 cm³/mol. The van der Waals surface area contributed by atoms with Crippen molar-refractivity contribution >= 4 is 40.6 Å². The minimum Gasteiger partial charge on any atom is -0.480 e. The molecule has 0 aliphatic carbocycles. The molecule has 1 unspecified atom stereocenters. The molecule has 2 aromatic heterocycles. The average Bonchev–Trinajstić information content (AvgIpc) is 2.85. The number of nitrogen functional groups attached to an aromatic ring is 1. The van der Waals surface area contributed by atoms with Crippen LogP contribution in [0.5, 0.6) is 0 Å². The average molecular weight is 495 g/mol. The zero-order valence-electron chi connectivity index (χ0n) is 18.6. The Labute approximate surface area is 202 Å². The van der Waals surface area contributed by atoms with Crippen LogP contribution in [-0.4, -0.2) is 62.0 Å². The number of hydrogen-bond donors (Lipinski definition) is 6. The van der Waals surface area contributed by atoms with Gasteiger partial charge >= 0.3 is 5.97 Å². The molecule has 1 aromatic carbocycles. The number of carboxylic acids is 1. The van der Waals surface area contributed by atoms with Gasteiger partial charge in [0.1, 0.15) is 6.04 Å². The third-order valence-electron chi connectivity index (χ3n) is 4.70. The molecular formula is C20H21N11O5. The van der Waals surface area contributed by atoms with Crippen LogP contribution in [0, 0.1) is 0 Å². The molecule has 16 heteroatoms. The quantitative estimate of drug-likeness (QED) is 0.0891. The molecule has 2 heterocycles. The van der Waals surface area contributed by atoms with E-state index in [-0.39, 0.29) is 42.3 Å². The maximum Gasteiger partial charge on any atom is 0.326 e. The molecular weight excluding hydrogens is 474 g/mol. The summed E-state index contributed by atoms with van der Waals surface area (Å²) in [7, 11) is 0. The van der Waals surface area contributed by atoms with Crippen molar-refractivity contribution in [1.82, 2.24) is 30.6 Å². The van der Waals surface area contributed by atoms with Gasteiger partial charge in [-0.3, -0.25) is 19.4 Å². The highest BCUT2D eigenvalue weighted by Crippen LogP contribution is 2.12. The topological polar surface area (TPSA) is 254 Å². The number of amides is 2. The molecule has 16 nitrogen and oxygen atoms in total. The van der Waals surface area contributed by atoms with Crippen molar-refractivity contribution in [3.05, 3.63) is 62.5 Å². The van der Waals surface area contributed by atoms with Crippen molar-refractivity contribution in [3.8, 4) is 0 Å². The molecule has 0 saturated carbocycles. The van der Waals surface area contributed by atoms with Crippen molar-refractivity contribution in [2.45, 2.75) is 19.0 Å². The fourth-order valence-corrected chi connectivity index (χ4v) is 2.98. The number of azide groups is 1. The van der Waals surface area contributed by atoms with Crippen LogP contribution in [0.1, 0.15) is 22.5 Å². The number of hydrogen-bond acceptors (Lipinski definition) is 10. The second kappa shape index (κ2) is 11.8. The van der Waals surface area contributed by atoms with E-state index in [0.29, 0.717) is 11.4 Å². The second-order valence-corrected chi connectivity index (χ2v) is 7.29. The zero-order valence-corrected chi connectivity index (χ0v) is 18.6. The Morgan fingerprint density at radius 1 is 1.22 bits per heavy atom. The van der Waals surface area contributed by atoms with Gasteiger partial charge in [-0.1, -0.05) is 5.11 Å². The monoisotopic (exact) mass is 495 g/mol. The van der Waals surface area contributed by atoms with Gasteiger partial charge in [-0.05, 0) is 29.8 Å². The van der Waals surface area contributed by atoms with Gasteiger partial charge in [0.15, 0.2) is 11.2 Å². The number of rotatable bonds is 11. The summed E-state index contributed by atoms with van der Waals surface area (Å²) in [5.74, 6) is -2.73. The number of carbonyl (C=O) groups excluding carboxylic acids is 2. The standard InChI is InChI=1S/C20H21N11O5/c21-20-29-16-15(18(34)30-20)27-12(9-25-16)8-24-11-3-1-10(2-4-11)17(33)28-13(19(35)36)7-14(32)23-5-6-26-31-22/h1-4,9,13,24H,5-8H2,(H,23,32)(H,28,33)(H,35,36)(H3,21,25,29,30,34). The van der Waals surface area contributed by atoms with E-state index in [1.165, 1.54) is 18.3 Å². The molecule has 0 radical (unpaired) electrons. The molecule has 7 N–H and O–H groups in total. The van der Waals surface area contributed by atoms with Crippen LogP contribution in [0.25, 0.3) is 21.6 Å². The smallest absolute Gasteiger partial charge is 0.326 e. The highest BCUT2D eigenvalue weighted by atomic mass is 16.4. The number of carboxylic acid groups (broad SMARTS) is 1. The lowest BCUT2D eigenvalue weighted by Gasteiger charge is -2.14. The molecule has 0 spiro atoms. The van der Waals surface area contributed by atoms with E-state index in [1.54, 1.807) is 12.1 Å². The lowest BCUT2D eigenvalue weighted by molar-refractivity contribution is -0.141. The van der Waals surface area contributed by atoms with Crippen molar-refractivity contribution in [2.75, 3.05) is 24.1 Å². The van der Waals surface area contributed by atoms with Crippen LogP contribution in [0.2, 0.25) is 0 Å². The molecule has 36 heavy (non-hydrogen) atoms. The SMILES string of the molecule is [N-]=[N+]=NCCNC(=O)CC(NC(=O)c1ccc(NCc2cnc3nc(N)[nH]c(=O)c3n2)cc1)C(=O)O. The van der Waals surface area contributed by atoms with Crippen LogP contribution in [0.3, 0.4) is 0 Å². The van der Waals surface area contributed by atoms with Crippen molar-refractivity contribution in [3.63, 3.8) is 0 Å². The maximum atomic E-state index is 12.5. The van der Waals surface area contributed by atoms with E-state index >= 15 is 0 Å². The van der Waals surface area contributed by atoms with Crippen LogP contribution >= 0.6 is 0 Å². The van der Waals surface area contributed by atoms with E-state index in [4.69, 9.17) is 11.3 Å². The number of nitrogens with two attached hydrogens (primary N) is 1. The fourth-order valence-electron chi connectivity index (χ4n) is 2.98. The molecule has 0 fully saturated rings. The normalized spacial score (nSPS) is 11.2. The Kier molecular flexibility index (Phi) is 8.29. The van der Waals surface area contributed by atoms with Gasteiger partial charge < -0.3 is 26.8 Å². The minimum atomic E-state index is -1.45. The number of aromatic amines is 1. The van der Waals surface area contributed by atoms with E-state index in [9.17, 15) is 24.3 Å². The largest absolute Gasteiger partial charge is 0.480 e. The van der Waals surface area contributed by atoms with Crippen molar-refractivity contribution < 1.29 is 19.5 Å². The number of nitrogens with one attached hydrogen (secondary N) is 4. The Morgan fingerprint density at radius 2 is 1.97 bits per heavy atom. The summed E-state index contributed by atoms with van der Waals surface area (Å²) in [6.45, 7) is 0.281. The summed E-state index contributed by atoms with van der Waals surface area (Å²) in [4.78, 5) is 64.8. The molecule has 1 atom stereocenters. The van der Waals surface area contributed by atoms with E-state index < -0.39 is 35.8 Å². The Balaban J connectivity index is 1.57. The van der Waals surface area contributed by atoms with E-state index in [0.717, 1.165) is 0 Å². The molecule has 2 amide bonds. The molecule has 0 bridgehead atoms. The first kappa shape index (κ1) is 25.4. The Hall–Kier alpha value is -5.24. The number of aromatic nitrogens is 4. The van der Waals surface area contributed by atoms with Crippen molar-refractivity contribution in [1.29, 1.82) is 0 Å². The first-order valence-corrected chi connectivity index (χ1v) is 10.4. The summed E-state index contributed by atoms with van der Waals surface area (Å²) >= 11 is 0. The lowest BCUT2D eigenvalue weighted by atomic mass is 10.1. The highest BCUT2D eigenvalue weighted by Gasteiger charge is 2.23. The highest BCUT2D eigenvalue weighted by molar-refractivity contribution is 5.97. The summed E-state index contributed by atoms with van der Waals surface area (Å²) in [6, 6.07) is 4.68. The van der Waals surface area contributed by atoms with Gasteiger partial charge in [-0.15, -0.1) is 0 Å². The Morgan fingerprint density at radius 3 is 2.67 bits per heavy atom. The third kappa shape index (κ3) is 6.88. The number of nitrogens with zero attached hydrogens (tertiary/aromatic N) is 6. The van der Waals surface area contributed by atoms with E-state index in [2.05, 4.69) is 45.9 Å². The van der Waals surface area contributed by atoms with Crippen LogP contribution in [0.15, 0.2) is 40.4 Å². The molecule has 0 aliphatic rings. The fraction of sp³-hybridized carbons (Fsp3) is 0.250. The van der Waals surface area contributed by atoms with Gasteiger partial charge in [0.25, 0.3) is 11.5 Å². The molecule has 0 aliphatic heterocycles. The van der Waals surface area contributed by atoms with Crippen LogP contribution < -0.4 is 27.2 Å². The maximum absolute atomic E-state index is 12.5. The number of benzene rings is 1. The summed E-state index contributed by atoms with van der Waals surface area (Å²) < 4.78 is 0. The molecule has 3 aromatic rings. The summed E-state index contributed by atoms with van der Waals surface area (Å²) in [5, 5.41) is 20.4. The van der Waals surface area contributed by atoms with Crippen LogP contribution in [-0.2, 0) is 16.1 Å². The number of anilines is 2. The van der Waals surface area contributed by atoms with Crippen molar-refractivity contribution in [2.24, 2.45) is 5.11 Å². The minimum absolute atomic E-state index is 0.0186. The second-order valence-electron chi connectivity index (χ2n) is 7.29. The first-order chi connectivity index (χ1) is 17.3. The predicted octanol–water partition coefficient (Wildman–Crippen LogP) is -0.0930. The van der Waals surface area contributed by atoms with Gasteiger partial charge in [0.05, 0.1) is 24.9 Å². The van der Waals surface area contributed by atoms with E-state index in [1.807, 2.05) is 0 Å². The molecule has 3 rings (SSSR count). The number of H-pyrrole nitrogens is 1. The molecule has 0 saturated heterocycles. The number of aliphatic carboxylic acids is 1.